The van der Waals surface area contributed by atoms with Gasteiger partial charge in [-0.3, -0.25) is 0 Å². The van der Waals surface area contributed by atoms with Crippen molar-refractivity contribution in [2.75, 3.05) is 13.7 Å². The Balaban J connectivity index is 3.16. The molecule has 1 heterocycles. The van der Waals surface area contributed by atoms with Crippen LogP contribution in [0.5, 0.6) is 17.8 Å². The molecule has 6 heteroatoms. The molecule has 0 spiro atoms. The second-order valence-corrected chi connectivity index (χ2v) is 3.80. The van der Waals surface area contributed by atoms with Crippen molar-refractivity contribution < 1.29 is 14.2 Å². The van der Waals surface area contributed by atoms with Crippen molar-refractivity contribution in [3.63, 3.8) is 0 Å². The van der Waals surface area contributed by atoms with E-state index in [9.17, 15) is 0 Å². The van der Waals surface area contributed by atoms with Crippen LogP contribution in [0, 0.1) is 0 Å². The Morgan fingerprint density at radius 1 is 1.24 bits per heavy atom. The number of nitrogens with zero attached hydrogens (tertiary/aromatic N) is 2. The van der Waals surface area contributed by atoms with Crippen LogP contribution < -0.4 is 14.2 Å². The molecule has 0 saturated heterocycles. The van der Waals surface area contributed by atoms with Gasteiger partial charge in [-0.25, -0.2) is 0 Å². The van der Waals surface area contributed by atoms with Gasteiger partial charge >= 0.3 is 6.01 Å². The zero-order chi connectivity index (χ0) is 12.8. The normalized spacial score (nSPS) is 10.5. The molecule has 0 N–H and O–H groups in total. The van der Waals surface area contributed by atoms with Gasteiger partial charge in [0.05, 0.1) is 31.3 Å². The Labute approximate surface area is 106 Å². The molecule has 0 atom stereocenters. The molecule has 0 bridgehead atoms. The van der Waals surface area contributed by atoms with Crippen LogP contribution in [0.2, 0.25) is 0 Å². The van der Waals surface area contributed by atoms with Gasteiger partial charge in [0.15, 0.2) is 0 Å². The molecule has 17 heavy (non-hydrogen) atoms. The molecular formula is C11H17ClN2O3. The average molecular weight is 261 g/mol. The van der Waals surface area contributed by atoms with Crippen LogP contribution in [0.3, 0.4) is 0 Å². The van der Waals surface area contributed by atoms with Crippen LogP contribution in [-0.4, -0.2) is 29.8 Å². The fourth-order valence-corrected chi connectivity index (χ4v) is 1.45. The maximum absolute atomic E-state index is 5.85. The molecule has 0 aliphatic rings. The van der Waals surface area contributed by atoms with Crippen molar-refractivity contribution in [3.8, 4) is 17.8 Å². The SMILES string of the molecule is CCOc1nc(OC)c(CCl)c(OC(C)C)n1. The third kappa shape index (κ3) is 3.63. The van der Waals surface area contributed by atoms with Gasteiger partial charge in [0.2, 0.25) is 11.8 Å². The summed E-state index contributed by atoms with van der Waals surface area (Å²) in [7, 11) is 1.52. The van der Waals surface area contributed by atoms with Gasteiger partial charge in [0, 0.05) is 0 Å². The second kappa shape index (κ2) is 6.49. The number of methoxy groups -OCH3 is 1. The molecule has 0 radical (unpaired) electrons. The smallest absolute Gasteiger partial charge is 0.323 e. The molecule has 0 fully saturated rings. The van der Waals surface area contributed by atoms with E-state index in [1.165, 1.54) is 7.11 Å². The molecule has 0 saturated carbocycles. The van der Waals surface area contributed by atoms with Crippen molar-refractivity contribution in [2.24, 2.45) is 0 Å². The predicted molar refractivity (Wildman–Crippen MR) is 65.1 cm³/mol. The number of ether oxygens (including phenoxy) is 3. The Morgan fingerprint density at radius 3 is 2.35 bits per heavy atom. The first kappa shape index (κ1) is 13.8. The van der Waals surface area contributed by atoms with Crippen LogP contribution in [-0.2, 0) is 5.88 Å². The quantitative estimate of drug-likeness (QED) is 0.735. The Hall–Kier alpha value is -1.23. The lowest BCUT2D eigenvalue weighted by Crippen LogP contribution is -2.11. The Kier molecular flexibility index (Phi) is 5.28. The van der Waals surface area contributed by atoms with Crippen LogP contribution >= 0.6 is 11.6 Å². The van der Waals surface area contributed by atoms with Gasteiger partial charge in [0.25, 0.3) is 0 Å². The number of halogens is 1. The first-order chi connectivity index (χ1) is 8.12. The minimum atomic E-state index is -0.00829. The summed E-state index contributed by atoms with van der Waals surface area (Å²) >= 11 is 5.85. The first-order valence-electron chi connectivity index (χ1n) is 5.42. The summed E-state index contributed by atoms with van der Waals surface area (Å²) < 4.78 is 16.0. The summed E-state index contributed by atoms with van der Waals surface area (Å²) in [5, 5.41) is 0. The predicted octanol–water partition coefficient (Wildman–Crippen LogP) is 2.41. The van der Waals surface area contributed by atoms with Gasteiger partial charge in [-0.1, -0.05) is 0 Å². The molecule has 1 rings (SSSR count). The average Bonchev–Trinajstić information content (AvgIpc) is 2.28. The summed E-state index contributed by atoms with van der Waals surface area (Å²) in [5.74, 6) is 1.01. The summed E-state index contributed by atoms with van der Waals surface area (Å²) in [5.41, 5.74) is 0.631. The molecule has 1 aromatic rings. The topological polar surface area (TPSA) is 53.5 Å². The monoisotopic (exact) mass is 260 g/mol. The van der Waals surface area contributed by atoms with E-state index in [4.69, 9.17) is 25.8 Å². The zero-order valence-corrected chi connectivity index (χ0v) is 11.2. The minimum absolute atomic E-state index is 0.00829. The molecular weight excluding hydrogens is 244 g/mol. The lowest BCUT2D eigenvalue weighted by atomic mass is 10.3. The van der Waals surface area contributed by atoms with Gasteiger partial charge < -0.3 is 14.2 Å². The number of alkyl halides is 1. The highest BCUT2D eigenvalue weighted by Crippen LogP contribution is 2.29. The number of hydrogen-bond donors (Lipinski definition) is 0. The molecule has 0 aliphatic heterocycles. The van der Waals surface area contributed by atoms with E-state index in [1.54, 1.807) is 0 Å². The largest absolute Gasteiger partial charge is 0.481 e. The number of aromatic nitrogens is 2. The van der Waals surface area contributed by atoms with Crippen molar-refractivity contribution in [1.29, 1.82) is 0 Å². The highest BCUT2D eigenvalue weighted by Gasteiger charge is 2.17. The molecule has 5 nitrogen and oxygen atoms in total. The molecule has 0 amide bonds. The maximum atomic E-state index is 5.85. The fourth-order valence-electron chi connectivity index (χ4n) is 1.22. The van der Waals surface area contributed by atoms with Crippen molar-refractivity contribution >= 4 is 11.6 Å². The third-order valence-corrected chi connectivity index (χ3v) is 2.13. The summed E-state index contributed by atoms with van der Waals surface area (Å²) in [6.07, 6.45) is -0.00829. The summed E-state index contributed by atoms with van der Waals surface area (Å²) in [4.78, 5) is 8.26. The van der Waals surface area contributed by atoms with E-state index in [0.29, 0.717) is 23.9 Å². The molecule has 0 unspecified atom stereocenters. The van der Waals surface area contributed by atoms with Crippen molar-refractivity contribution in [2.45, 2.75) is 32.8 Å². The van der Waals surface area contributed by atoms with Crippen LogP contribution in [0.1, 0.15) is 26.3 Å². The van der Waals surface area contributed by atoms with E-state index in [0.717, 1.165) is 0 Å². The van der Waals surface area contributed by atoms with Gasteiger partial charge in [-0.05, 0) is 20.8 Å². The summed E-state index contributed by atoms with van der Waals surface area (Å²) in [6, 6.07) is 0.230. The number of rotatable bonds is 6. The number of hydrogen-bond acceptors (Lipinski definition) is 5. The van der Waals surface area contributed by atoms with Crippen LogP contribution in [0.15, 0.2) is 0 Å². The minimum Gasteiger partial charge on any atom is -0.481 e. The second-order valence-electron chi connectivity index (χ2n) is 3.53. The van der Waals surface area contributed by atoms with Gasteiger partial charge in [0.1, 0.15) is 0 Å². The standard InChI is InChI=1S/C11H17ClN2O3/c1-5-16-11-13-9(15-4)8(6-12)10(14-11)17-7(2)3/h7H,5-6H2,1-4H3. The molecule has 96 valence electrons. The van der Waals surface area contributed by atoms with Gasteiger partial charge in [-0.2, -0.15) is 9.97 Å². The molecule has 1 aromatic heterocycles. The van der Waals surface area contributed by atoms with E-state index in [-0.39, 0.29) is 18.0 Å². The van der Waals surface area contributed by atoms with Crippen LogP contribution in [0.4, 0.5) is 0 Å². The Bertz CT molecular complexity index is 372. The maximum Gasteiger partial charge on any atom is 0.323 e. The summed E-state index contributed by atoms with van der Waals surface area (Å²) in [6.45, 7) is 6.15. The lowest BCUT2D eigenvalue weighted by molar-refractivity contribution is 0.219. The van der Waals surface area contributed by atoms with Gasteiger partial charge in [-0.15, -0.1) is 11.6 Å². The zero-order valence-electron chi connectivity index (χ0n) is 10.5. The molecule has 0 aliphatic carbocycles. The third-order valence-electron chi connectivity index (χ3n) is 1.86. The first-order valence-corrected chi connectivity index (χ1v) is 5.96. The molecule has 0 aromatic carbocycles. The lowest BCUT2D eigenvalue weighted by Gasteiger charge is -2.15. The highest BCUT2D eigenvalue weighted by molar-refractivity contribution is 6.17. The van der Waals surface area contributed by atoms with E-state index in [1.807, 2.05) is 20.8 Å². The van der Waals surface area contributed by atoms with Crippen molar-refractivity contribution in [3.05, 3.63) is 5.56 Å². The van der Waals surface area contributed by atoms with E-state index in [2.05, 4.69) is 9.97 Å². The fraction of sp³-hybridized carbons (Fsp3) is 0.636. The van der Waals surface area contributed by atoms with E-state index >= 15 is 0 Å². The van der Waals surface area contributed by atoms with E-state index < -0.39 is 0 Å². The van der Waals surface area contributed by atoms with Crippen molar-refractivity contribution in [1.82, 2.24) is 9.97 Å². The van der Waals surface area contributed by atoms with Crippen LogP contribution in [0.25, 0.3) is 0 Å². The Morgan fingerprint density at radius 2 is 1.88 bits per heavy atom. The highest BCUT2D eigenvalue weighted by atomic mass is 35.5.